The van der Waals surface area contributed by atoms with E-state index in [-0.39, 0.29) is 11.4 Å². The van der Waals surface area contributed by atoms with Gasteiger partial charge in [-0.15, -0.1) is 0 Å². The van der Waals surface area contributed by atoms with Crippen molar-refractivity contribution in [3.05, 3.63) is 114 Å². The van der Waals surface area contributed by atoms with Crippen LogP contribution in [0.25, 0.3) is 11.1 Å². The molecule has 0 fully saturated rings. The number of rotatable bonds is 7. The summed E-state index contributed by atoms with van der Waals surface area (Å²) in [4.78, 5) is 13.1. The first-order valence-electron chi connectivity index (χ1n) is 10.9. The lowest BCUT2D eigenvalue weighted by molar-refractivity contribution is -0.114. The first kappa shape index (κ1) is 23.3. The highest BCUT2D eigenvalue weighted by atomic mass is 32.2. The molecule has 0 bridgehead atoms. The maximum absolute atomic E-state index is 13.5. The van der Waals surface area contributed by atoms with Gasteiger partial charge in [0.2, 0.25) is 5.91 Å². The van der Waals surface area contributed by atoms with Crippen molar-refractivity contribution in [2.24, 2.45) is 0 Å². The number of sulfonamides is 1. The maximum Gasteiger partial charge on any atom is 0.264 e. The van der Waals surface area contributed by atoms with Gasteiger partial charge in [-0.3, -0.25) is 9.10 Å². The average molecular weight is 471 g/mol. The summed E-state index contributed by atoms with van der Waals surface area (Å²) in [6.45, 7) is 3.38. The molecular weight excluding hydrogens is 444 g/mol. The third-order valence-corrected chi connectivity index (χ3v) is 7.30. The van der Waals surface area contributed by atoms with Crippen molar-refractivity contribution in [3.63, 3.8) is 0 Å². The van der Waals surface area contributed by atoms with Crippen LogP contribution in [0.1, 0.15) is 11.1 Å². The van der Waals surface area contributed by atoms with Crippen LogP contribution in [0.15, 0.2) is 108 Å². The Bertz CT molecular complexity index is 1390. The topological polar surface area (TPSA) is 66.5 Å². The fourth-order valence-electron chi connectivity index (χ4n) is 3.72. The number of nitrogens with zero attached hydrogens (tertiary/aromatic N) is 1. The number of hydrogen-bond donors (Lipinski definition) is 1. The maximum atomic E-state index is 13.5. The second-order valence-corrected chi connectivity index (χ2v) is 9.97. The van der Waals surface area contributed by atoms with E-state index in [1.807, 2.05) is 80.6 Å². The molecule has 0 saturated heterocycles. The molecule has 4 rings (SSSR count). The normalized spacial score (nSPS) is 11.1. The number of hydrogen-bond acceptors (Lipinski definition) is 3. The van der Waals surface area contributed by atoms with Gasteiger partial charge in [-0.25, -0.2) is 8.42 Å². The monoisotopic (exact) mass is 470 g/mol. The Labute approximate surface area is 200 Å². The molecule has 1 N–H and O–H groups in total. The van der Waals surface area contributed by atoms with Crippen molar-refractivity contribution in [3.8, 4) is 11.1 Å². The van der Waals surface area contributed by atoms with E-state index >= 15 is 0 Å². The predicted octanol–water partition coefficient (Wildman–Crippen LogP) is 5.80. The summed E-state index contributed by atoms with van der Waals surface area (Å²) in [7, 11) is -3.95. The van der Waals surface area contributed by atoms with Crippen molar-refractivity contribution in [1.29, 1.82) is 0 Å². The highest BCUT2D eigenvalue weighted by Crippen LogP contribution is 2.28. The summed E-state index contributed by atoms with van der Waals surface area (Å²) in [5, 5.41) is 2.83. The van der Waals surface area contributed by atoms with E-state index in [2.05, 4.69) is 5.32 Å². The summed E-state index contributed by atoms with van der Waals surface area (Å²) >= 11 is 0. The van der Waals surface area contributed by atoms with Crippen LogP contribution in [0.4, 0.5) is 11.4 Å². The lowest BCUT2D eigenvalue weighted by Gasteiger charge is -2.26. The van der Waals surface area contributed by atoms with Crippen molar-refractivity contribution in [1.82, 2.24) is 0 Å². The molecule has 4 aromatic carbocycles. The van der Waals surface area contributed by atoms with Crippen LogP contribution in [-0.4, -0.2) is 20.9 Å². The van der Waals surface area contributed by atoms with Crippen LogP contribution < -0.4 is 9.62 Å². The van der Waals surface area contributed by atoms with Gasteiger partial charge in [-0.1, -0.05) is 72.8 Å². The number of nitrogens with one attached hydrogen (secondary N) is 1. The third-order valence-electron chi connectivity index (χ3n) is 5.53. The minimum atomic E-state index is -3.95. The Morgan fingerprint density at radius 3 is 2.00 bits per heavy atom. The summed E-state index contributed by atoms with van der Waals surface area (Å²) in [5.74, 6) is -0.423. The molecule has 0 aromatic heterocycles. The quantitative estimate of drug-likeness (QED) is 0.371. The zero-order valence-electron chi connectivity index (χ0n) is 19.1. The molecule has 6 heteroatoms. The average Bonchev–Trinajstić information content (AvgIpc) is 2.85. The van der Waals surface area contributed by atoms with Gasteiger partial charge >= 0.3 is 0 Å². The van der Waals surface area contributed by atoms with Gasteiger partial charge in [0, 0.05) is 5.69 Å². The second-order valence-electron chi connectivity index (χ2n) is 8.11. The van der Waals surface area contributed by atoms with Crippen molar-refractivity contribution >= 4 is 27.3 Å². The molecule has 1 amide bonds. The molecule has 0 aliphatic carbocycles. The molecule has 0 aliphatic heterocycles. The number of carbonyl (C=O) groups is 1. The van der Waals surface area contributed by atoms with Crippen LogP contribution in [0.5, 0.6) is 0 Å². The lowest BCUT2D eigenvalue weighted by atomic mass is 10.1. The lowest BCUT2D eigenvalue weighted by Crippen LogP contribution is -2.38. The minimum absolute atomic E-state index is 0.135. The number of anilines is 2. The van der Waals surface area contributed by atoms with Gasteiger partial charge in [0.15, 0.2) is 0 Å². The van der Waals surface area contributed by atoms with Crippen LogP contribution in [0.2, 0.25) is 0 Å². The number of benzene rings is 4. The largest absolute Gasteiger partial charge is 0.325 e. The number of amides is 1. The van der Waals surface area contributed by atoms with E-state index in [0.29, 0.717) is 11.4 Å². The highest BCUT2D eigenvalue weighted by molar-refractivity contribution is 7.92. The van der Waals surface area contributed by atoms with Crippen LogP contribution in [0, 0.1) is 13.8 Å². The van der Waals surface area contributed by atoms with E-state index in [0.717, 1.165) is 22.3 Å². The Kier molecular flexibility index (Phi) is 6.80. The summed E-state index contributed by atoms with van der Waals surface area (Å²) in [6.07, 6.45) is 0. The zero-order chi connectivity index (χ0) is 24.1. The molecule has 0 radical (unpaired) electrons. The summed E-state index contributed by atoms with van der Waals surface area (Å²) in [5.41, 5.74) is 4.87. The van der Waals surface area contributed by atoms with Crippen molar-refractivity contribution in [2.75, 3.05) is 16.2 Å². The van der Waals surface area contributed by atoms with Crippen LogP contribution in [-0.2, 0) is 14.8 Å². The van der Waals surface area contributed by atoms with Gasteiger partial charge in [0.05, 0.1) is 10.6 Å². The van der Waals surface area contributed by atoms with Crippen molar-refractivity contribution < 1.29 is 13.2 Å². The molecular formula is C28H26N2O3S. The Hall–Kier alpha value is -3.90. The standard InChI is InChI=1S/C28H26N2O3S/c1-21-13-14-22(2)27(19-21)30(34(32,33)26-11-7-4-8-12-26)20-28(31)29-25-17-15-24(16-18-25)23-9-5-3-6-10-23/h3-19H,20H2,1-2H3,(H,29,31). The van der Waals surface area contributed by atoms with E-state index in [4.69, 9.17) is 0 Å². The van der Waals surface area contributed by atoms with E-state index in [1.54, 1.807) is 24.3 Å². The highest BCUT2D eigenvalue weighted by Gasteiger charge is 2.28. The van der Waals surface area contributed by atoms with Gasteiger partial charge in [0.1, 0.15) is 6.54 Å². The third kappa shape index (κ3) is 5.18. The Morgan fingerprint density at radius 2 is 1.35 bits per heavy atom. The van der Waals surface area contributed by atoms with E-state index in [1.165, 1.54) is 16.4 Å². The Morgan fingerprint density at radius 1 is 0.765 bits per heavy atom. The fourth-order valence-corrected chi connectivity index (χ4v) is 5.21. The molecule has 34 heavy (non-hydrogen) atoms. The van der Waals surface area contributed by atoms with Crippen LogP contribution in [0.3, 0.4) is 0 Å². The van der Waals surface area contributed by atoms with Gasteiger partial charge in [-0.2, -0.15) is 0 Å². The summed E-state index contributed by atoms with van der Waals surface area (Å²) < 4.78 is 28.2. The van der Waals surface area contributed by atoms with Gasteiger partial charge in [0.25, 0.3) is 10.0 Å². The molecule has 5 nitrogen and oxygen atoms in total. The molecule has 0 saturated carbocycles. The van der Waals surface area contributed by atoms with E-state index in [9.17, 15) is 13.2 Å². The Balaban J connectivity index is 1.60. The van der Waals surface area contributed by atoms with Gasteiger partial charge < -0.3 is 5.32 Å². The van der Waals surface area contributed by atoms with Crippen LogP contribution >= 0.6 is 0 Å². The number of carbonyl (C=O) groups excluding carboxylic acids is 1. The fraction of sp³-hybridized carbons (Fsp3) is 0.107. The first-order chi connectivity index (χ1) is 16.3. The molecule has 0 aliphatic rings. The second kappa shape index (κ2) is 9.93. The first-order valence-corrected chi connectivity index (χ1v) is 12.4. The summed E-state index contributed by atoms with van der Waals surface area (Å²) in [6, 6.07) is 31.2. The minimum Gasteiger partial charge on any atom is -0.325 e. The zero-order valence-corrected chi connectivity index (χ0v) is 19.9. The van der Waals surface area contributed by atoms with Gasteiger partial charge in [-0.05, 0) is 66.4 Å². The molecule has 4 aromatic rings. The molecule has 0 heterocycles. The van der Waals surface area contributed by atoms with E-state index < -0.39 is 15.9 Å². The molecule has 0 unspecified atom stereocenters. The molecule has 0 atom stereocenters. The predicted molar refractivity (Wildman–Crippen MR) is 137 cm³/mol. The molecule has 172 valence electrons. The smallest absolute Gasteiger partial charge is 0.264 e. The van der Waals surface area contributed by atoms with Crippen molar-refractivity contribution in [2.45, 2.75) is 18.7 Å². The molecule has 0 spiro atoms. The SMILES string of the molecule is Cc1ccc(C)c(N(CC(=O)Nc2ccc(-c3ccccc3)cc2)S(=O)(=O)c2ccccc2)c1. The number of aryl methyl sites for hydroxylation is 2.